The molecule has 0 fully saturated rings. The second-order valence-electron chi connectivity index (χ2n) is 7.65. The van der Waals surface area contributed by atoms with E-state index in [0.717, 1.165) is 0 Å². The molecule has 0 heterocycles. The van der Waals surface area contributed by atoms with Gasteiger partial charge in [-0.1, -0.05) is 60.7 Å². The molecule has 0 aromatic heterocycles. The molecule has 2 N–H and O–H groups in total. The maximum Gasteiger partial charge on any atom is 0.265 e. The number of nitrogens with zero attached hydrogens (tertiary/aromatic N) is 1. The predicted octanol–water partition coefficient (Wildman–Crippen LogP) is 1.54. The van der Waals surface area contributed by atoms with Gasteiger partial charge in [0.25, 0.3) is 7.82 Å². The minimum Gasteiger partial charge on any atom is -0.756 e. The maximum absolute atomic E-state index is 13.0. The Labute approximate surface area is 176 Å². The summed E-state index contributed by atoms with van der Waals surface area (Å²) in [6, 6.07) is 17.9. The van der Waals surface area contributed by atoms with Gasteiger partial charge in [0.2, 0.25) is 0 Å². The molecule has 0 amide bonds. The molecule has 2 rings (SSSR count). The summed E-state index contributed by atoms with van der Waals surface area (Å²) in [6.45, 7) is 0.186. The van der Waals surface area contributed by atoms with Crippen LogP contribution >= 0.6 is 7.82 Å². The molecule has 3 unspecified atom stereocenters. The molecule has 164 valence electrons. The number of quaternary nitrogens is 1. The summed E-state index contributed by atoms with van der Waals surface area (Å²) in [7, 11) is -1.21. The first-order valence-corrected chi connectivity index (χ1v) is 11.0. The number of likely N-dealkylation sites (N-methyl/N-ethyl adjacent to an activating group) is 1. The van der Waals surface area contributed by atoms with Gasteiger partial charge < -0.3 is 28.6 Å². The van der Waals surface area contributed by atoms with Crippen LogP contribution in [0.3, 0.4) is 0 Å². The van der Waals surface area contributed by atoms with Gasteiger partial charge in [0, 0.05) is 5.56 Å². The van der Waals surface area contributed by atoms with E-state index >= 15 is 0 Å². The zero-order valence-electron chi connectivity index (χ0n) is 17.1. The van der Waals surface area contributed by atoms with Crippen LogP contribution in [0, 0.1) is 0 Å². The summed E-state index contributed by atoms with van der Waals surface area (Å²) in [5, 5.41) is 10.4. The van der Waals surface area contributed by atoms with Crippen molar-refractivity contribution in [2.24, 2.45) is 0 Å². The molecule has 0 aliphatic carbocycles. The van der Waals surface area contributed by atoms with Gasteiger partial charge in [-0.05, 0) is 5.56 Å². The molecule has 8 nitrogen and oxygen atoms in total. The van der Waals surface area contributed by atoms with Crippen molar-refractivity contribution >= 4 is 13.6 Å². The molecule has 9 heteroatoms. The van der Waals surface area contributed by atoms with E-state index in [9.17, 15) is 19.4 Å². The summed E-state index contributed by atoms with van der Waals surface area (Å²) in [5.41, 5.74) is 1.20. The Morgan fingerprint density at radius 1 is 1.10 bits per heavy atom. The number of aliphatic hydroxyl groups is 1. The normalized spacial score (nSPS) is 15.9. The number of phosphoric ester groups is 1. The number of rotatable bonds is 12. The van der Waals surface area contributed by atoms with Gasteiger partial charge in [0.15, 0.2) is 5.78 Å². The second-order valence-corrected chi connectivity index (χ2v) is 8.85. The molecule has 0 saturated carbocycles. The summed E-state index contributed by atoms with van der Waals surface area (Å²) in [6.07, 6.45) is -1.76. The molecule has 0 spiro atoms. The first-order valence-electron chi connectivity index (χ1n) is 9.52. The van der Waals surface area contributed by atoms with Crippen molar-refractivity contribution in [1.82, 2.24) is 0 Å². The smallest absolute Gasteiger partial charge is 0.265 e. The zero-order chi connectivity index (χ0) is 22.2. The molecule has 0 aliphatic heterocycles. The van der Waals surface area contributed by atoms with E-state index in [1.165, 1.54) is 0 Å². The highest BCUT2D eigenvalue weighted by Gasteiger charge is 2.26. The van der Waals surface area contributed by atoms with Crippen LogP contribution in [0.1, 0.15) is 22.0 Å². The molecule has 30 heavy (non-hydrogen) atoms. The summed E-state index contributed by atoms with van der Waals surface area (Å²) >= 11 is 0. The van der Waals surface area contributed by atoms with E-state index in [1.54, 1.807) is 50.5 Å². The number of carbonyl (C=O) groups is 1. The molecule has 2 aromatic rings. The number of hydrogen-bond acceptors (Lipinski definition) is 6. The summed E-state index contributed by atoms with van der Waals surface area (Å²) in [5.74, 6) is -0.203. The summed E-state index contributed by atoms with van der Waals surface area (Å²) < 4.78 is 21.1. The molecule has 0 aliphatic rings. The van der Waals surface area contributed by atoms with Crippen molar-refractivity contribution in [3.05, 3.63) is 71.8 Å². The van der Waals surface area contributed by atoms with Crippen LogP contribution in [0.15, 0.2) is 60.7 Å². The van der Waals surface area contributed by atoms with E-state index in [4.69, 9.17) is 9.63 Å². The molecule has 0 saturated heterocycles. The van der Waals surface area contributed by atoms with Gasteiger partial charge in [-0.3, -0.25) is 9.36 Å². The molecule has 3 atom stereocenters. The van der Waals surface area contributed by atoms with Crippen LogP contribution in [0.2, 0.25) is 0 Å². The zero-order valence-corrected chi connectivity index (χ0v) is 18.0. The van der Waals surface area contributed by atoms with Crippen LogP contribution in [0.25, 0.3) is 0 Å². The van der Waals surface area contributed by atoms with Gasteiger partial charge >= 0.3 is 0 Å². The molecular weight excluding hydrogens is 409 g/mol. The Balaban J connectivity index is 1.99. The van der Waals surface area contributed by atoms with Crippen molar-refractivity contribution in [1.29, 1.82) is 0 Å². The number of ether oxygens (including phenoxy) is 1. The number of phosphoric acid groups is 1. The number of hydrogen-bond donors (Lipinski definition) is 2. The van der Waals surface area contributed by atoms with Crippen LogP contribution in [0.4, 0.5) is 0 Å². The monoisotopic (exact) mass is 437 g/mol. The van der Waals surface area contributed by atoms with Crippen LogP contribution in [0.5, 0.6) is 0 Å². The van der Waals surface area contributed by atoms with E-state index < -0.39 is 20.0 Å². The lowest BCUT2D eigenvalue weighted by Crippen LogP contribution is -2.48. The van der Waals surface area contributed by atoms with Crippen molar-refractivity contribution in [3.8, 4) is 0 Å². The first-order chi connectivity index (χ1) is 14.1. The lowest BCUT2D eigenvalue weighted by atomic mass is 10.00. The number of Topliss-reactive ketones (excluding diaryl/α,β-unsaturated/α-hetero) is 1. The lowest BCUT2D eigenvalue weighted by molar-refractivity contribution is -0.893. The molecular formula is C21H28NO7P. The van der Waals surface area contributed by atoms with E-state index in [0.29, 0.717) is 11.1 Å². The van der Waals surface area contributed by atoms with Crippen molar-refractivity contribution < 1.29 is 38.0 Å². The van der Waals surface area contributed by atoms with E-state index in [2.05, 4.69) is 4.52 Å². The second kappa shape index (κ2) is 10.9. The number of benzene rings is 2. The quantitative estimate of drug-likeness (QED) is 0.294. The minimum atomic E-state index is -4.77. The lowest BCUT2D eigenvalue weighted by Gasteiger charge is -2.32. The van der Waals surface area contributed by atoms with E-state index in [-0.39, 0.29) is 36.6 Å². The number of aliphatic hydroxyl groups excluding tert-OH is 1. The third-order valence-corrected chi connectivity index (χ3v) is 5.02. The topological polar surface area (TPSA) is 116 Å². The van der Waals surface area contributed by atoms with Crippen molar-refractivity contribution in [2.75, 3.05) is 40.4 Å². The minimum absolute atomic E-state index is 0.0826. The average molecular weight is 437 g/mol. The fourth-order valence-electron chi connectivity index (χ4n) is 3.03. The first kappa shape index (κ1) is 24.4. The Morgan fingerprint density at radius 2 is 1.67 bits per heavy atom. The highest BCUT2D eigenvalue weighted by atomic mass is 31.2. The van der Waals surface area contributed by atoms with Gasteiger partial charge in [-0.15, -0.1) is 0 Å². The molecule has 0 bridgehead atoms. The van der Waals surface area contributed by atoms with Crippen molar-refractivity contribution in [2.45, 2.75) is 12.2 Å². The van der Waals surface area contributed by atoms with Crippen LogP contribution in [-0.4, -0.2) is 66.8 Å². The maximum atomic E-state index is 13.0. The van der Waals surface area contributed by atoms with Gasteiger partial charge in [-0.2, -0.15) is 0 Å². The highest BCUT2D eigenvalue weighted by molar-refractivity contribution is 7.44. The molecule has 0 radical (unpaired) electrons. The third-order valence-electron chi connectivity index (χ3n) is 4.51. The van der Waals surface area contributed by atoms with Crippen LogP contribution < -0.4 is 4.89 Å². The Bertz CT molecular complexity index is 839. The fraction of sp³-hybridized carbons (Fsp3) is 0.381. The Hall–Kier alpha value is -1.90. The standard InChI is InChI=1S/C21H28NO7P/c1-22(2,13-14-29-30(25,26)27)15-19(23)16-28-21(18-11-7-4-8-12-18)20(24)17-9-5-3-6-10-17/h3-12,19,21,23H,13-16H2,1-2H3,(H-,25,26,27). The van der Waals surface area contributed by atoms with E-state index in [1.807, 2.05) is 24.3 Å². The number of ketones is 1. The largest absolute Gasteiger partial charge is 0.756 e. The van der Waals surface area contributed by atoms with Gasteiger partial charge in [0.05, 0.1) is 20.7 Å². The average Bonchev–Trinajstić information content (AvgIpc) is 2.68. The highest BCUT2D eigenvalue weighted by Crippen LogP contribution is 2.30. The van der Waals surface area contributed by atoms with Crippen molar-refractivity contribution in [3.63, 3.8) is 0 Å². The van der Waals surface area contributed by atoms with Gasteiger partial charge in [-0.25, -0.2) is 0 Å². The van der Waals surface area contributed by atoms with Gasteiger partial charge in [0.1, 0.15) is 31.9 Å². The summed E-state index contributed by atoms with van der Waals surface area (Å²) in [4.78, 5) is 32.3. The Kier molecular flexibility index (Phi) is 8.88. The fourth-order valence-corrected chi connectivity index (χ4v) is 3.34. The predicted molar refractivity (Wildman–Crippen MR) is 110 cm³/mol. The Morgan fingerprint density at radius 3 is 2.23 bits per heavy atom. The number of carbonyl (C=O) groups excluding carboxylic acids is 1. The third kappa shape index (κ3) is 8.45. The SMILES string of the molecule is C[N+](C)(CCOP(=O)([O-])O)CC(O)COC(C(=O)c1ccccc1)c1ccccc1. The molecule has 2 aromatic carbocycles. The van der Waals surface area contributed by atoms with Crippen LogP contribution in [-0.2, 0) is 13.8 Å².